The van der Waals surface area contributed by atoms with Gasteiger partial charge in [-0.05, 0) is 46.3 Å². The molecule has 2 aromatic carbocycles. The number of halogens is 1. The van der Waals surface area contributed by atoms with Crippen molar-refractivity contribution in [3.8, 4) is 0 Å². The molecule has 0 aliphatic heterocycles. The number of benzene rings is 2. The number of nitrogens with one attached hydrogen (secondary N) is 2. The normalized spacial score (nSPS) is 10.0. The minimum absolute atomic E-state index is 0.143. The van der Waals surface area contributed by atoms with E-state index in [0.29, 0.717) is 16.9 Å². The summed E-state index contributed by atoms with van der Waals surface area (Å²) in [7, 11) is 1.60. The molecule has 5 heteroatoms. The molecule has 0 unspecified atom stereocenters. The largest absolute Gasteiger partial charge is 0.397 e. The number of rotatable bonds is 3. The van der Waals surface area contributed by atoms with Gasteiger partial charge in [0.05, 0.1) is 17.1 Å². The molecule has 0 heterocycles. The first-order valence-electron chi connectivity index (χ1n) is 5.75. The lowest BCUT2D eigenvalue weighted by Crippen LogP contribution is -2.18. The van der Waals surface area contributed by atoms with E-state index < -0.39 is 0 Å². The summed E-state index contributed by atoms with van der Waals surface area (Å²) in [5.41, 5.74) is 8.66. The molecule has 0 saturated heterocycles. The zero-order valence-electron chi connectivity index (χ0n) is 10.4. The molecule has 0 aliphatic carbocycles. The summed E-state index contributed by atoms with van der Waals surface area (Å²) in [6.07, 6.45) is 0. The lowest BCUT2D eigenvalue weighted by Gasteiger charge is -2.12. The molecule has 98 valence electrons. The smallest absolute Gasteiger partial charge is 0.251 e. The summed E-state index contributed by atoms with van der Waals surface area (Å²) in [4.78, 5) is 11.6. The minimum Gasteiger partial charge on any atom is -0.397 e. The zero-order chi connectivity index (χ0) is 13.8. The van der Waals surface area contributed by atoms with Gasteiger partial charge < -0.3 is 16.4 Å². The molecule has 2 aromatic rings. The summed E-state index contributed by atoms with van der Waals surface area (Å²) in [5.74, 6) is -0.143. The van der Waals surface area contributed by atoms with Crippen molar-refractivity contribution < 1.29 is 4.79 Å². The maximum atomic E-state index is 11.6. The minimum atomic E-state index is -0.143. The SMILES string of the molecule is CNC(=O)c1ccc(N)c(Nc2ccccc2Br)c1. The Bertz CT molecular complexity index is 613. The van der Waals surface area contributed by atoms with E-state index in [1.165, 1.54) is 0 Å². The molecule has 0 aromatic heterocycles. The van der Waals surface area contributed by atoms with Crippen molar-refractivity contribution in [1.82, 2.24) is 5.32 Å². The van der Waals surface area contributed by atoms with Gasteiger partial charge in [0, 0.05) is 17.1 Å². The van der Waals surface area contributed by atoms with Crippen molar-refractivity contribution in [3.63, 3.8) is 0 Å². The molecule has 0 fully saturated rings. The Morgan fingerprint density at radius 3 is 2.58 bits per heavy atom. The first-order valence-corrected chi connectivity index (χ1v) is 6.54. The van der Waals surface area contributed by atoms with Gasteiger partial charge in [0.25, 0.3) is 5.91 Å². The van der Waals surface area contributed by atoms with Gasteiger partial charge >= 0.3 is 0 Å². The number of anilines is 3. The van der Waals surface area contributed by atoms with Crippen LogP contribution in [0.5, 0.6) is 0 Å². The number of nitrogens with two attached hydrogens (primary N) is 1. The predicted molar refractivity (Wildman–Crippen MR) is 81.7 cm³/mol. The molecule has 4 N–H and O–H groups in total. The molecule has 4 nitrogen and oxygen atoms in total. The topological polar surface area (TPSA) is 67.2 Å². The Morgan fingerprint density at radius 1 is 1.16 bits per heavy atom. The van der Waals surface area contributed by atoms with E-state index in [4.69, 9.17) is 5.73 Å². The second-order valence-corrected chi connectivity index (χ2v) is 4.84. The van der Waals surface area contributed by atoms with Crippen LogP contribution in [-0.4, -0.2) is 13.0 Å². The van der Waals surface area contributed by atoms with Crippen LogP contribution >= 0.6 is 15.9 Å². The lowest BCUT2D eigenvalue weighted by atomic mass is 10.1. The van der Waals surface area contributed by atoms with Crippen LogP contribution in [0.3, 0.4) is 0 Å². The van der Waals surface area contributed by atoms with Crippen LogP contribution < -0.4 is 16.4 Å². The van der Waals surface area contributed by atoms with Crippen LogP contribution in [0, 0.1) is 0 Å². The van der Waals surface area contributed by atoms with Gasteiger partial charge in [-0.2, -0.15) is 0 Å². The molecule has 0 saturated carbocycles. The molecule has 1 amide bonds. The van der Waals surface area contributed by atoms with Crippen LogP contribution in [0.25, 0.3) is 0 Å². The van der Waals surface area contributed by atoms with Crippen LogP contribution in [0.15, 0.2) is 46.9 Å². The van der Waals surface area contributed by atoms with Gasteiger partial charge in [0.1, 0.15) is 0 Å². The Hall–Kier alpha value is -2.01. The number of para-hydroxylation sites is 1. The van der Waals surface area contributed by atoms with E-state index in [-0.39, 0.29) is 5.91 Å². The molecule has 2 rings (SSSR count). The molecule has 0 bridgehead atoms. The fourth-order valence-corrected chi connectivity index (χ4v) is 2.04. The fraction of sp³-hybridized carbons (Fsp3) is 0.0714. The van der Waals surface area contributed by atoms with E-state index in [9.17, 15) is 4.79 Å². The van der Waals surface area contributed by atoms with Crippen LogP contribution in [-0.2, 0) is 0 Å². The first-order chi connectivity index (χ1) is 9.11. The highest BCUT2D eigenvalue weighted by Crippen LogP contribution is 2.29. The average molecular weight is 320 g/mol. The van der Waals surface area contributed by atoms with Crippen molar-refractivity contribution in [2.45, 2.75) is 0 Å². The van der Waals surface area contributed by atoms with Gasteiger partial charge in [-0.3, -0.25) is 4.79 Å². The quantitative estimate of drug-likeness (QED) is 0.761. The monoisotopic (exact) mass is 319 g/mol. The highest BCUT2D eigenvalue weighted by molar-refractivity contribution is 9.10. The highest BCUT2D eigenvalue weighted by atomic mass is 79.9. The number of carbonyl (C=O) groups excluding carboxylic acids is 1. The van der Waals surface area contributed by atoms with Gasteiger partial charge in [-0.1, -0.05) is 12.1 Å². The van der Waals surface area contributed by atoms with E-state index in [1.54, 1.807) is 25.2 Å². The average Bonchev–Trinajstić information content (AvgIpc) is 2.42. The third-order valence-corrected chi connectivity index (χ3v) is 3.38. The Labute approximate surface area is 120 Å². The van der Waals surface area contributed by atoms with Crippen LogP contribution in [0.2, 0.25) is 0 Å². The summed E-state index contributed by atoms with van der Waals surface area (Å²) in [5, 5.41) is 5.79. The molecule has 0 radical (unpaired) electrons. The summed E-state index contributed by atoms with van der Waals surface area (Å²) in [6, 6.07) is 12.8. The summed E-state index contributed by atoms with van der Waals surface area (Å²) in [6.45, 7) is 0. The highest BCUT2D eigenvalue weighted by Gasteiger charge is 2.08. The fourth-order valence-electron chi connectivity index (χ4n) is 1.66. The molecule has 0 spiro atoms. The van der Waals surface area contributed by atoms with Crippen molar-refractivity contribution in [2.75, 3.05) is 18.1 Å². The van der Waals surface area contributed by atoms with Crippen molar-refractivity contribution in [2.24, 2.45) is 0 Å². The van der Waals surface area contributed by atoms with Gasteiger partial charge in [-0.15, -0.1) is 0 Å². The third kappa shape index (κ3) is 3.06. The first kappa shape index (κ1) is 13.4. The zero-order valence-corrected chi connectivity index (χ0v) is 12.0. The van der Waals surface area contributed by atoms with Gasteiger partial charge in [-0.25, -0.2) is 0 Å². The van der Waals surface area contributed by atoms with Gasteiger partial charge in [0.2, 0.25) is 0 Å². The van der Waals surface area contributed by atoms with E-state index in [1.807, 2.05) is 24.3 Å². The standard InChI is InChI=1S/C14H14BrN3O/c1-17-14(19)9-6-7-11(16)13(8-9)18-12-5-3-2-4-10(12)15/h2-8,18H,16H2,1H3,(H,17,19). The number of hydrogen-bond acceptors (Lipinski definition) is 3. The predicted octanol–water partition coefficient (Wildman–Crippen LogP) is 3.13. The second-order valence-electron chi connectivity index (χ2n) is 3.99. The second kappa shape index (κ2) is 5.75. The van der Waals surface area contributed by atoms with Crippen molar-refractivity contribution in [3.05, 3.63) is 52.5 Å². The van der Waals surface area contributed by atoms with Crippen LogP contribution in [0.1, 0.15) is 10.4 Å². The van der Waals surface area contributed by atoms with E-state index >= 15 is 0 Å². The number of hydrogen-bond donors (Lipinski definition) is 3. The molecule has 0 atom stereocenters. The Balaban J connectivity index is 2.34. The van der Waals surface area contributed by atoms with Crippen LogP contribution in [0.4, 0.5) is 17.1 Å². The molecule has 19 heavy (non-hydrogen) atoms. The van der Waals surface area contributed by atoms with Crippen molar-refractivity contribution >= 4 is 38.9 Å². The summed E-state index contributed by atoms with van der Waals surface area (Å²) >= 11 is 3.46. The Kier molecular flexibility index (Phi) is 4.06. The van der Waals surface area contributed by atoms with Crippen molar-refractivity contribution in [1.29, 1.82) is 0 Å². The Morgan fingerprint density at radius 2 is 1.89 bits per heavy atom. The number of amides is 1. The van der Waals surface area contributed by atoms with Gasteiger partial charge in [0.15, 0.2) is 0 Å². The van der Waals surface area contributed by atoms with E-state index in [2.05, 4.69) is 26.6 Å². The summed E-state index contributed by atoms with van der Waals surface area (Å²) < 4.78 is 0.930. The third-order valence-electron chi connectivity index (χ3n) is 2.69. The maximum absolute atomic E-state index is 11.6. The maximum Gasteiger partial charge on any atom is 0.251 e. The lowest BCUT2D eigenvalue weighted by molar-refractivity contribution is 0.0963. The molecular formula is C14H14BrN3O. The number of nitrogen functional groups attached to an aromatic ring is 1. The number of carbonyl (C=O) groups is 1. The van der Waals surface area contributed by atoms with E-state index in [0.717, 1.165) is 10.2 Å². The molecular weight excluding hydrogens is 306 g/mol. The molecule has 0 aliphatic rings.